The lowest BCUT2D eigenvalue weighted by atomic mass is 10.2. The Hall–Kier alpha value is -2.15. The predicted octanol–water partition coefficient (Wildman–Crippen LogP) is 5.80. The Bertz CT molecular complexity index is 983. The third kappa shape index (κ3) is 4.77. The molecular weight excluding hydrogens is 406 g/mol. The fourth-order valence-corrected chi connectivity index (χ4v) is 3.47. The van der Waals surface area contributed by atoms with Crippen LogP contribution in [0.15, 0.2) is 42.5 Å². The predicted molar refractivity (Wildman–Crippen MR) is 114 cm³/mol. The van der Waals surface area contributed by atoms with Crippen LogP contribution in [-0.2, 0) is 6.54 Å². The molecule has 0 spiro atoms. The molecule has 4 nitrogen and oxygen atoms in total. The number of aryl methyl sites for hydroxylation is 1. The van der Waals surface area contributed by atoms with E-state index in [9.17, 15) is 4.39 Å². The highest BCUT2D eigenvalue weighted by molar-refractivity contribution is 7.80. The molecule has 1 aromatic heterocycles. The van der Waals surface area contributed by atoms with E-state index in [1.165, 1.54) is 6.07 Å². The van der Waals surface area contributed by atoms with E-state index >= 15 is 0 Å². The minimum atomic E-state index is -0.255. The summed E-state index contributed by atoms with van der Waals surface area (Å²) in [5.41, 5.74) is 3.64. The summed E-state index contributed by atoms with van der Waals surface area (Å²) in [5, 5.41) is 12.1. The first kappa shape index (κ1) is 19.6. The van der Waals surface area contributed by atoms with Crippen LogP contribution in [-0.4, -0.2) is 14.9 Å². The molecule has 0 saturated heterocycles. The summed E-state index contributed by atoms with van der Waals surface area (Å²) in [7, 11) is 0. The molecule has 8 heteroatoms. The van der Waals surface area contributed by atoms with Gasteiger partial charge in [0, 0.05) is 21.3 Å². The lowest BCUT2D eigenvalue weighted by Gasteiger charge is -2.12. The number of nitrogens with zero attached hydrogens (tertiary/aromatic N) is 2. The number of anilines is 2. The van der Waals surface area contributed by atoms with Crippen LogP contribution in [0.3, 0.4) is 0 Å². The third-order valence-electron chi connectivity index (χ3n) is 4.02. The van der Waals surface area contributed by atoms with Crippen LogP contribution >= 0.6 is 35.4 Å². The van der Waals surface area contributed by atoms with E-state index in [1.807, 2.05) is 13.8 Å². The smallest absolute Gasteiger partial charge is 0.175 e. The number of halogens is 3. The molecule has 0 aliphatic heterocycles. The number of thiocarbonyl (C=S) groups is 1. The van der Waals surface area contributed by atoms with Crippen molar-refractivity contribution in [2.24, 2.45) is 0 Å². The third-order valence-corrected chi connectivity index (χ3v) is 4.66. The second-order valence-electron chi connectivity index (χ2n) is 6.03. The highest BCUT2D eigenvalue weighted by atomic mass is 35.5. The van der Waals surface area contributed by atoms with Crippen molar-refractivity contribution in [1.82, 2.24) is 9.78 Å². The Morgan fingerprint density at radius 2 is 1.78 bits per heavy atom. The molecule has 0 aliphatic rings. The Balaban J connectivity index is 1.76. The molecule has 0 radical (unpaired) electrons. The maximum atomic E-state index is 13.9. The van der Waals surface area contributed by atoms with Gasteiger partial charge in [-0.3, -0.25) is 4.68 Å². The maximum Gasteiger partial charge on any atom is 0.175 e. The van der Waals surface area contributed by atoms with Gasteiger partial charge in [0.2, 0.25) is 0 Å². The van der Waals surface area contributed by atoms with E-state index < -0.39 is 0 Å². The first-order chi connectivity index (χ1) is 12.8. The molecule has 3 aromatic rings. The van der Waals surface area contributed by atoms with Crippen LogP contribution in [0, 0.1) is 19.7 Å². The zero-order chi connectivity index (χ0) is 19.6. The molecule has 0 fully saturated rings. The first-order valence-electron chi connectivity index (χ1n) is 8.15. The molecule has 1 heterocycles. The van der Waals surface area contributed by atoms with Crippen molar-refractivity contribution < 1.29 is 4.39 Å². The topological polar surface area (TPSA) is 41.9 Å². The molecule has 0 atom stereocenters. The number of rotatable bonds is 4. The van der Waals surface area contributed by atoms with Crippen LogP contribution in [0.25, 0.3) is 0 Å². The van der Waals surface area contributed by atoms with Gasteiger partial charge in [-0.2, -0.15) is 5.10 Å². The van der Waals surface area contributed by atoms with Gasteiger partial charge in [0.15, 0.2) is 5.11 Å². The number of nitrogens with one attached hydrogen (secondary N) is 2. The quantitative estimate of drug-likeness (QED) is 0.521. The second kappa shape index (κ2) is 8.25. The van der Waals surface area contributed by atoms with Crippen molar-refractivity contribution in [3.8, 4) is 0 Å². The number of hydrogen-bond donors (Lipinski definition) is 2. The summed E-state index contributed by atoms with van der Waals surface area (Å²) in [6, 6.07) is 11.7. The molecule has 0 aliphatic carbocycles. The van der Waals surface area contributed by atoms with Crippen LogP contribution in [0.5, 0.6) is 0 Å². The van der Waals surface area contributed by atoms with Crippen LogP contribution < -0.4 is 10.6 Å². The largest absolute Gasteiger partial charge is 0.332 e. The Kier molecular flexibility index (Phi) is 5.99. The molecule has 0 saturated carbocycles. The van der Waals surface area contributed by atoms with Crippen LogP contribution in [0.4, 0.5) is 15.8 Å². The Morgan fingerprint density at radius 1 is 1.11 bits per heavy atom. The van der Waals surface area contributed by atoms with Gasteiger partial charge in [-0.05, 0) is 50.3 Å². The van der Waals surface area contributed by atoms with Gasteiger partial charge in [0.05, 0.1) is 23.6 Å². The van der Waals surface area contributed by atoms with E-state index in [1.54, 1.807) is 41.1 Å². The summed E-state index contributed by atoms with van der Waals surface area (Å²) in [4.78, 5) is 0. The van der Waals surface area contributed by atoms with E-state index in [0.29, 0.717) is 33.0 Å². The van der Waals surface area contributed by atoms with Gasteiger partial charge >= 0.3 is 0 Å². The van der Waals surface area contributed by atoms with Crippen LogP contribution in [0.2, 0.25) is 10.0 Å². The van der Waals surface area contributed by atoms with Crippen molar-refractivity contribution in [2.45, 2.75) is 20.4 Å². The summed E-state index contributed by atoms with van der Waals surface area (Å²) < 4.78 is 15.7. The molecule has 27 heavy (non-hydrogen) atoms. The zero-order valence-corrected chi connectivity index (χ0v) is 17.0. The number of hydrogen-bond acceptors (Lipinski definition) is 2. The second-order valence-corrected chi connectivity index (χ2v) is 7.31. The van der Waals surface area contributed by atoms with Crippen molar-refractivity contribution in [3.05, 3.63) is 75.3 Å². The summed E-state index contributed by atoms with van der Waals surface area (Å²) in [6.45, 7) is 4.11. The Morgan fingerprint density at radius 3 is 2.44 bits per heavy atom. The van der Waals surface area contributed by atoms with E-state index in [4.69, 9.17) is 35.4 Å². The minimum Gasteiger partial charge on any atom is -0.332 e. The maximum absolute atomic E-state index is 13.9. The lowest BCUT2D eigenvalue weighted by Crippen LogP contribution is -2.20. The highest BCUT2D eigenvalue weighted by Gasteiger charge is 2.14. The van der Waals surface area contributed by atoms with Gasteiger partial charge in [-0.25, -0.2) is 4.39 Å². The fourth-order valence-electron chi connectivity index (χ4n) is 2.72. The van der Waals surface area contributed by atoms with Gasteiger partial charge in [0.25, 0.3) is 0 Å². The summed E-state index contributed by atoms with van der Waals surface area (Å²) in [6.07, 6.45) is 0. The van der Waals surface area contributed by atoms with E-state index in [2.05, 4.69) is 15.7 Å². The van der Waals surface area contributed by atoms with Crippen LogP contribution in [0.1, 0.15) is 17.0 Å². The molecule has 2 N–H and O–H groups in total. The first-order valence-corrected chi connectivity index (χ1v) is 9.31. The molecule has 2 aromatic carbocycles. The molecule has 0 amide bonds. The number of benzene rings is 2. The minimum absolute atomic E-state index is 0.255. The van der Waals surface area contributed by atoms with E-state index in [0.717, 1.165) is 17.1 Å². The summed E-state index contributed by atoms with van der Waals surface area (Å²) in [5.74, 6) is -0.255. The molecule has 0 bridgehead atoms. The normalized spacial score (nSPS) is 10.7. The van der Waals surface area contributed by atoms with Crippen molar-refractivity contribution >= 4 is 51.9 Å². The molecule has 140 valence electrons. The molecule has 0 unspecified atom stereocenters. The van der Waals surface area contributed by atoms with Crippen molar-refractivity contribution in [3.63, 3.8) is 0 Å². The SMILES string of the molecule is Cc1nn(Cc2ccccc2F)c(C)c1NC(=S)Nc1cc(Cl)cc(Cl)c1. The molecular formula is C19H17Cl2FN4S. The summed E-state index contributed by atoms with van der Waals surface area (Å²) >= 11 is 17.4. The fraction of sp³-hybridized carbons (Fsp3) is 0.158. The standard InChI is InChI=1S/C19H17Cl2FN4S/c1-11-18(24-19(27)23-16-8-14(20)7-15(21)9-16)12(2)26(25-11)10-13-5-3-4-6-17(13)22/h3-9H,10H2,1-2H3,(H2,23,24,27). The Labute approximate surface area is 172 Å². The zero-order valence-electron chi connectivity index (χ0n) is 14.7. The van der Waals surface area contributed by atoms with Gasteiger partial charge in [-0.1, -0.05) is 41.4 Å². The highest BCUT2D eigenvalue weighted by Crippen LogP contribution is 2.24. The average Bonchev–Trinajstić information content (AvgIpc) is 2.83. The molecule has 3 rings (SSSR count). The lowest BCUT2D eigenvalue weighted by molar-refractivity contribution is 0.579. The van der Waals surface area contributed by atoms with E-state index in [-0.39, 0.29) is 5.82 Å². The average molecular weight is 423 g/mol. The van der Waals surface area contributed by atoms with Crippen molar-refractivity contribution in [2.75, 3.05) is 10.6 Å². The monoisotopic (exact) mass is 422 g/mol. The van der Waals surface area contributed by atoms with Gasteiger partial charge < -0.3 is 10.6 Å². The van der Waals surface area contributed by atoms with Crippen molar-refractivity contribution in [1.29, 1.82) is 0 Å². The van der Waals surface area contributed by atoms with Gasteiger partial charge in [-0.15, -0.1) is 0 Å². The number of aromatic nitrogens is 2. The van der Waals surface area contributed by atoms with Gasteiger partial charge in [0.1, 0.15) is 5.82 Å².